The van der Waals surface area contributed by atoms with Gasteiger partial charge in [0.1, 0.15) is 16.2 Å². The first kappa shape index (κ1) is 17.3. The van der Waals surface area contributed by atoms with E-state index in [2.05, 4.69) is 0 Å². The second-order valence-corrected chi connectivity index (χ2v) is 5.74. The van der Waals surface area contributed by atoms with Gasteiger partial charge >= 0.3 is 5.97 Å². The highest BCUT2D eigenvalue weighted by molar-refractivity contribution is 7.89. The van der Waals surface area contributed by atoms with Crippen molar-refractivity contribution < 1.29 is 27.4 Å². The van der Waals surface area contributed by atoms with Crippen LogP contribution in [0.5, 0.6) is 11.5 Å². The summed E-state index contributed by atoms with van der Waals surface area (Å²) in [6, 6.07) is 2.55. The number of nitrogens with two attached hydrogens (primary N) is 1. The van der Waals surface area contributed by atoms with E-state index in [-0.39, 0.29) is 28.6 Å². The summed E-state index contributed by atoms with van der Waals surface area (Å²) in [6.07, 6.45) is 1.56. The van der Waals surface area contributed by atoms with E-state index in [1.54, 1.807) is 0 Å². The molecule has 0 amide bonds. The van der Waals surface area contributed by atoms with Crippen molar-refractivity contribution in [2.24, 2.45) is 5.14 Å². The van der Waals surface area contributed by atoms with Gasteiger partial charge in [-0.25, -0.2) is 18.4 Å². The molecule has 0 bridgehead atoms. The molecular formula is C13H19NO6S. The van der Waals surface area contributed by atoms with Gasteiger partial charge in [-0.15, -0.1) is 0 Å². The Hall–Kier alpha value is -1.80. The number of sulfonamides is 1. The van der Waals surface area contributed by atoms with Crippen molar-refractivity contribution in [2.75, 3.05) is 20.8 Å². The lowest BCUT2D eigenvalue weighted by molar-refractivity contribution is 0.0491. The Balaban J connectivity index is 3.35. The highest BCUT2D eigenvalue weighted by Crippen LogP contribution is 2.35. The standard InChI is InChI=1S/C13H19NO6S/c1-4-5-8-20-13(15)11-9(18-2)6-7-10(12(11)19-3)21(14,16)17/h6-7H,4-5,8H2,1-3H3,(H2,14,16,17). The molecule has 0 aliphatic rings. The number of ether oxygens (including phenoxy) is 3. The lowest BCUT2D eigenvalue weighted by atomic mass is 10.1. The van der Waals surface area contributed by atoms with Gasteiger partial charge in [-0.3, -0.25) is 0 Å². The minimum atomic E-state index is -4.04. The highest BCUT2D eigenvalue weighted by atomic mass is 32.2. The first-order valence-electron chi connectivity index (χ1n) is 6.31. The third-order valence-corrected chi connectivity index (χ3v) is 3.68. The summed E-state index contributed by atoms with van der Waals surface area (Å²) in [5, 5.41) is 5.11. The number of benzene rings is 1. The summed E-state index contributed by atoms with van der Waals surface area (Å²) in [5.74, 6) is -0.748. The maximum Gasteiger partial charge on any atom is 0.345 e. The van der Waals surface area contributed by atoms with Gasteiger partial charge in [0, 0.05) is 0 Å². The maximum atomic E-state index is 12.1. The minimum Gasteiger partial charge on any atom is -0.496 e. The molecule has 0 atom stereocenters. The summed E-state index contributed by atoms with van der Waals surface area (Å²) >= 11 is 0. The zero-order valence-corrected chi connectivity index (χ0v) is 13.0. The molecule has 0 spiro atoms. The van der Waals surface area contributed by atoms with Gasteiger partial charge in [0.15, 0.2) is 5.75 Å². The Morgan fingerprint density at radius 1 is 1.24 bits per heavy atom. The SMILES string of the molecule is CCCCOC(=O)c1c(OC)ccc(S(N)(=O)=O)c1OC. The van der Waals surface area contributed by atoms with Crippen LogP contribution < -0.4 is 14.6 Å². The van der Waals surface area contributed by atoms with Gasteiger partial charge < -0.3 is 14.2 Å². The van der Waals surface area contributed by atoms with E-state index in [1.165, 1.54) is 26.4 Å². The van der Waals surface area contributed by atoms with Crippen LogP contribution in [0.2, 0.25) is 0 Å². The van der Waals surface area contributed by atoms with E-state index in [9.17, 15) is 13.2 Å². The molecule has 2 N–H and O–H groups in total. The van der Waals surface area contributed by atoms with E-state index >= 15 is 0 Å². The number of rotatable bonds is 7. The Morgan fingerprint density at radius 3 is 2.38 bits per heavy atom. The molecule has 0 saturated carbocycles. The third kappa shape index (κ3) is 4.08. The molecule has 0 saturated heterocycles. The van der Waals surface area contributed by atoms with E-state index in [4.69, 9.17) is 19.3 Å². The van der Waals surface area contributed by atoms with Gasteiger partial charge in [-0.1, -0.05) is 13.3 Å². The number of unbranched alkanes of at least 4 members (excludes halogenated alkanes) is 1. The van der Waals surface area contributed by atoms with Gasteiger partial charge in [0.05, 0.1) is 20.8 Å². The van der Waals surface area contributed by atoms with Crippen LogP contribution >= 0.6 is 0 Å². The summed E-state index contributed by atoms with van der Waals surface area (Å²) in [7, 11) is -1.44. The molecular weight excluding hydrogens is 298 g/mol. The monoisotopic (exact) mass is 317 g/mol. The second-order valence-electron chi connectivity index (χ2n) is 4.21. The zero-order chi connectivity index (χ0) is 16.0. The molecule has 118 valence electrons. The molecule has 0 fully saturated rings. The number of hydrogen-bond acceptors (Lipinski definition) is 6. The van der Waals surface area contributed by atoms with Gasteiger partial charge in [-0.2, -0.15) is 0 Å². The van der Waals surface area contributed by atoms with Crippen LogP contribution in [0.15, 0.2) is 17.0 Å². The highest BCUT2D eigenvalue weighted by Gasteiger charge is 2.27. The number of esters is 1. The van der Waals surface area contributed by atoms with Crippen LogP contribution in [0.1, 0.15) is 30.1 Å². The molecule has 1 aromatic carbocycles. The number of primary sulfonamides is 1. The Labute approximate surface area is 124 Å². The molecule has 0 aliphatic heterocycles. The molecule has 7 nitrogen and oxygen atoms in total. The van der Waals surface area contributed by atoms with E-state index in [1.807, 2.05) is 6.92 Å². The molecule has 1 rings (SSSR count). The average Bonchev–Trinajstić information content (AvgIpc) is 2.44. The fourth-order valence-corrected chi connectivity index (χ4v) is 2.42. The van der Waals surface area contributed by atoms with Crippen molar-refractivity contribution in [1.82, 2.24) is 0 Å². The zero-order valence-electron chi connectivity index (χ0n) is 12.2. The van der Waals surface area contributed by atoms with Crippen molar-refractivity contribution in [3.05, 3.63) is 17.7 Å². The van der Waals surface area contributed by atoms with Crippen LogP contribution in [0.3, 0.4) is 0 Å². The molecule has 0 aromatic heterocycles. The Bertz CT molecular complexity index is 611. The summed E-state index contributed by atoms with van der Waals surface area (Å²) in [6.45, 7) is 2.18. The predicted octanol–water partition coefficient (Wildman–Crippen LogP) is 1.31. The van der Waals surface area contributed by atoms with Crippen LogP contribution in [-0.2, 0) is 14.8 Å². The second kappa shape index (κ2) is 7.28. The number of hydrogen-bond donors (Lipinski definition) is 1. The molecule has 0 radical (unpaired) electrons. The Kier molecular flexibility index (Phi) is 5.98. The van der Waals surface area contributed by atoms with Gasteiger partial charge in [0.2, 0.25) is 10.0 Å². The largest absolute Gasteiger partial charge is 0.496 e. The number of carbonyl (C=O) groups excluding carboxylic acids is 1. The van der Waals surface area contributed by atoms with Crippen molar-refractivity contribution in [2.45, 2.75) is 24.7 Å². The normalized spacial score (nSPS) is 11.0. The van der Waals surface area contributed by atoms with Crippen LogP contribution in [-0.4, -0.2) is 35.2 Å². The number of carbonyl (C=O) groups is 1. The molecule has 21 heavy (non-hydrogen) atoms. The van der Waals surface area contributed by atoms with Crippen molar-refractivity contribution in [3.8, 4) is 11.5 Å². The summed E-state index contributed by atoms with van der Waals surface area (Å²) < 4.78 is 38.3. The van der Waals surface area contributed by atoms with Crippen molar-refractivity contribution >= 4 is 16.0 Å². The topological polar surface area (TPSA) is 105 Å². The molecule has 0 unspecified atom stereocenters. The number of methoxy groups -OCH3 is 2. The third-order valence-electron chi connectivity index (χ3n) is 2.75. The molecule has 1 aromatic rings. The maximum absolute atomic E-state index is 12.1. The van der Waals surface area contributed by atoms with Gasteiger partial charge in [-0.05, 0) is 18.6 Å². The first-order valence-corrected chi connectivity index (χ1v) is 7.86. The van der Waals surface area contributed by atoms with Crippen LogP contribution in [0, 0.1) is 0 Å². The van der Waals surface area contributed by atoms with E-state index < -0.39 is 16.0 Å². The molecule has 0 aliphatic carbocycles. The lowest BCUT2D eigenvalue weighted by Gasteiger charge is -2.15. The van der Waals surface area contributed by atoms with Crippen molar-refractivity contribution in [1.29, 1.82) is 0 Å². The van der Waals surface area contributed by atoms with E-state index in [0.717, 1.165) is 6.42 Å². The molecule has 8 heteroatoms. The quantitative estimate of drug-likeness (QED) is 0.600. The summed E-state index contributed by atoms with van der Waals surface area (Å²) in [4.78, 5) is 11.8. The first-order chi connectivity index (χ1) is 9.86. The average molecular weight is 317 g/mol. The fourth-order valence-electron chi connectivity index (χ4n) is 1.72. The van der Waals surface area contributed by atoms with Crippen LogP contribution in [0.4, 0.5) is 0 Å². The fraction of sp³-hybridized carbons (Fsp3) is 0.462. The minimum absolute atomic E-state index is 0.0948. The van der Waals surface area contributed by atoms with Crippen molar-refractivity contribution in [3.63, 3.8) is 0 Å². The predicted molar refractivity (Wildman–Crippen MR) is 76.1 cm³/mol. The molecule has 0 heterocycles. The van der Waals surface area contributed by atoms with Gasteiger partial charge in [0.25, 0.3) is 0 Å². The smallest absolute Gasteiger partial charge is 0.345 e. The Morgan fingerprint density at radius 2 is 1.90 bits per heavy atom. The lowest BCUT2D eigenvalue weighted by Crippen LogP contribution is -2.17. The summed E-state index contributed by atoms with van der Waals surface area (Å²) in [5.41, 5.74) is -0.0948. The van der Waals surface area contributed by atoms with Crippen LogP contribution in [0.25, 0.3) is 0 Å². The van der Waals surface area contributed by atoms with E-state index in [0.29, 0.717) is 6.42 Å².